The van der Waals surface area contributed by atoms with Crippen LogP contribution in [0.2, 0.25) is 0 Å². The fourth-order valence-electron chi connectivity index (χ4n) is 4.51. The maximum atomic E-state index is 13.6. The zero-order valence-electron chi connectivity index (χ0n) is 21.4. The maximum absolute atomic E-state index is 13.6. The van der Waals surface area contributed by atoms with Gasteiger partial charge in [0.25, 0.3) is 5.91 Å². The molecule has 5 N–H and O–H groups in total. The predicted octanol–water partition coefficient (Wildman–Crippen LogP) is 2.75. The predicted molar refractivity (Wildman–Crippen MR) is 144 cm³/mol. The number of hydrogen-bond acceptors (Lipinski definition) is 5. The van der Waals surface area contributed by atoms with Crippen LogP contribution in [0.25, 0.3) is 0 Å². The van der Waals surface area contributed by atoms with E-state index in [1.54, 1.807) is 24.3 Å². The van der Waals surface area contributed by atoms with Gasteiger partial charge in [-0.25, -0.2) is 4.39 Å². The Kier molecular flexibility index (Phi) is 12.2. The lowest BCUT2D eigenvalue weighted by molar-refractivity contribution is -0.140. The third-order valence-electron chi connectivity index (χ3n) is 6.36. The van der Waals surface area contributed by atoms with Crippen LogP contribution in [0.15, 0.2) is 33.7 Å². The molecule has 2 rings (SSSR count). The number of carbonyl (C=O) groups is 4. The quantitative estimate of drug-likeness (QED) is 0.175. The Hall–Kier alpha value is -2.82. The fourth-order valence-corrected chi connectivity index (χ4v) is 4.78. The molecule has 1 heterocycles. The molecule has 11 heteroatoms. The molecule has 9 nitrogen and oxygen atoms in total. The maximum Gasteiger partial charge on any atom is 0.251 e. The molecule has 204 valence electrons. The molecule has 0 unspecified atom stereocenters. The summed E-state index contributed by atoms with van der Waals surface area (Å²) in [4.78, 5) is 57.2. The van der Waals surface area contributed by atoms with Gasteiger partial charge in [0.1, 0.15) is 12.7 Å². The van der Waals surface area contributed by atoms with Crippen LogP contribution in [0.5, 0.6) is 0 Å². The molecule has 1 aromatic rings. The minimum atomic E-state index is -1.16. The molecule has 37 heavy (non-hydrogen) atoms. The van der Waals surface area contributed by atoms with Crippen molar-refractivity contribution in [3.05, 3.63) is 34.3 Å². The first kappa shape index (κ1) is 30.4. The first-order valence-electron chi connectivity index (χ1n) is 12.6. The molecular formula is C26H37BrFN5O4. The van der Waals surface area contributed by atoms with Crippen LogP contribution < -0.4 is 16.8 Å². The van der Waals surface area contributed by atoms with Gasteiger partial charge in [-0.1, -0.05) is 29.8 Å². The van der Waals surface area contributed by atoms with Crippen molar-refractivity contribution in [3.8, 4) is 0 Å². The van der Waals surface area contributed by atoms with Crippen LogP contribution in [0, 0.1) is 11.8 Å². The summed E-state index contributed by atoms with van der Waals surface area (Å²) in [5.74, 6) is -2.37. The van der Waals surface area contributed by atoms with E-state index >= 15 is 0 Å². The molecular weight excluding hydrogens is 545 g/mol. The number of hydrogen-bond donors (Lipinski definition) is 3. The molecule has 0 aromatic heterocycles. The number of carbonyl (C=O) groups excluding carboxylic acids is 4. The summed E-state index contributed by atoms with van der Waals surface area (Å²) >= 11 is 3.34. The minimum Gasteiger partial charge on any atom is -0.370 e. The SMILES string of the molecule is CC(C)C[C@H](NC(=O)c1ccc(Br)cc1)C(=O)N1CCC[C@H]1C(=O)C[C@@H](CCCN=C(N)N)C(=O)CF. The van der Waals surface area contributed by atoms with Gasteiger partial charge in [-0.05, 0) is 62.3 Å². The van der Waals surface area contributed by atoms with Crippen LogP contribution in [0.4, 0.5) is 4.39 Å². The number of alkyl halides is 1. The van der Waals surface area contributed by atoms with Crippen LogP contribution in [-0.4, -0.2) is 66.1 Å². The molecule has 0 radical (unpaired) electrons. The number of guanidine groups is 1. The third kappa shape index (κ3) is 9.53. The second kappa shape index (κ2) is 14.8. The second-order valence-corrected chi connectivity index (χ2v) is 10.7. The van der Waals surface area contributed by atoms with E-state index in [1.165, 1.54) is 4.90 Å². The molecule has 1 aliphatic heterocycles. The molecule has 3 atom stereocenters. The van der Waals surface area contributed by atoms with E-state index in [-0.39, 0.29) is 48.9 Å². The van der Waals surface area contributed by atoms with E-state index < -0.39 is 30.5 Å². The summed E-state index contributed by atoms with van der Waals surface area (Å²) < 4.78 is 14.0. The van der Waals surface area contributed by atoms with Crippen LogP contribution in [0.1, 0.15) is 62.7 Å². The fraction of sp³-hybridized carbons (Fsp3) is 0.577. The van der Waals surface area contributed by atoms with Crippen LogP contribution >= 0.6 is 15.9 Å². The van der Waals surface area contributed by atoms with Gasteiger partial charge in [-0.3, -0.25) is 24.2 Å². The van der Waals surface area contributed by atoms with E-state index in [4.69, 9.17) is 11.5 Å². The van der Waals surface area contributed by atoms with Gasteiger partial charge in [0, 0.05) is 35.5 Å². The van der Waals surface area contributed by atoms with E-state index in [1.807, 2.05) is 13.8 Å². The average Bonchev–Trinajstić information content (AvgIpc) is 3.34. The number of Topliss-reactive ketones (excluding diaryl/α,β-unsaturated/α-hetero) is 2. The molecule has 0 bridgehead atoms. The molecule has 0 aliphatic carbocycles. The van der Waals surface area contributed by atoms with Crippen LogP contribution in [0.3, 0.4) is 0 Å². The van der Waals surface area contributed by atoms with Crippen molar-refractivity contribution in [2.24, 2.45) is 28.3 Å². The van der Waals surface area contributed by atoms with Gasteiger partial charge in [0.05, 0.1) is 6.04 Å². The molecule has 1 aromatic carbocycles. The highest BCUT2D eigenvalue weighted by Gasteiger charge is 2.38. The van der Waals surface area contributed by atoms with Gasteiger partial charge in [0.15, 0.2) is 17.5 Å². The van der Waals surface area contributed by atoms with E-state index in [2.05, 4.69) is 26.2 Å². The lowest BCUT2D eigenvalue weighted by Crippen LogP contribution is -2.52. The zero-order valence-corrected chi connectivity index (χ0v) is 23.0. The van der Waals surface area contributed by atoms with Gasteiger partial charge < -0.3 is 21.7 Å². The van der Waals surface area contributed by atoms with Crippen molar-refractivity contribution in [1.29, 1.82) is 0 Å². The molecule has 1 aliphatic rings. The topological polar surface area (TPSA) is 148 Å². The zero-order chi connectivity index (χ0) is 27.5. The number of aliphatic imine (C=N–C) groups is 1. The lowest BCUT2D eigenvalue weighted by Gasteiger charge is -2.30. The molecule has 1 saturated heterocycles. The first-order chi connectivity index (χ1) is 17.5. The number of nitrogens with two attached hydrogens (primary N) is 2. The van der Waals surface area contributed by atoms with Crippen LogP contribution in [-0.2, 0) is 14.4 Å². The van der Waals surface area contributed by atoms with Crippen molar-refractivity contribution >= 4 is 45.3 Å². The van der Waals surface area contributed by atoms with Crippen molar-refractivity contribution < 1.29 is 23.6 Å². The Bertz CT molecular complexity index is 982. The van der Waals surface area contributed by atoms with Gasteiger partial charge in [-0.2, -0.15) is 0 Å². The number of ketones is 2. The molecule has 0 spiro atoms. The van der Waals surface area contributed by atoms with Crippen molar-refractivity contribution in [2.45, 2.75) is 64.5 Å². The number of nitrogens with one attached hydrogen (secondary N) is 1. The Morgan fingerprint density at radius 3 is 2.46 bits per heavy atom. The van der Waals surface area contributed by atoms with Gasteiger partial charge in [0.2, 0.25) is 5.91 Å². The average molecular weight is 583 g/mol. The largest absolute Gasteiger partial charge is 0.370 e. The minimum absolute atomic E-state index is 0.0762. The monoisotopic (exact) mass is 581 g/mol. The highest BCUT2D eigenvalue weighted by molar-refractivity contribution is 9.10. The summed E-state index contributed by atoms with van der Waals surface area (Å²) in [6.45, 7) is 3.40. The number of halogens is 2. The Morgan fingerprint density at radius 2 is 1.86 bits per heavy atom. The number of amides is 2. The number of rotatable bonds is 14. The highest BCUT2D eigenvalue weighted by Crippen LogP contribution is 2.25. The highest BCUT2D eigenvalue weighted by atomic mass is 79.9. The lowest BCUT2D eigenvalue weighted by atomic mass is 9.90. The van der Waals surface area contributed by atoms with Gasteiger partial charge >= 0.3 is 0 Å². The number of benzene rings is 1. The first-order valence-corrected chi connectivity index (χ1v) is 13.4. The Balaban J connectivity index is 2.12. The normalized spacial score (nSPS) is 16.8. The van der Waals surface area contributed by atoms with Crippen molar-refractivity contribution in [3.63, 3.8) is 0 Å². The third-order valence-corrected chi connectivity index (χ3v) is 6.89. The smallest absolute Gasteiger partial charge is 0.251 e. The summed E-state index contributed by atoms with van der Waals surface area (Å²) in [6, 6.07) is 5.30. The molecule has 2 amide bonds. The summed E-state index contributed by atoms with van der Waals surface area (Å²) in [5.41, 5.74) is 11.0. The summed E-state index contributed by atoms with van der Waals surface area (Å²) in [7, 11) is 0. The molecule has 1 fully saturated rings. The summed E-state index contributed by atoms with van der Waals surface area (Å²) in [6.07, 6.45) is 2.04. The van der Waals surface area contributed by atoms with E-state index in [0.29, 0.717) is 37.8 Å². The van der Waals surface area contributed by atoms with Crippen molar-refractivity contribution in [1.82, 2.24) is 10.2 Å². The van der Waals surface area contributed by atoms with Crippen molar-refractivity contribution in [2.75, 3.05) is 19.8 Å². The number of nitrogens with zero attached hydrogens (tertiary/aromatic N) is 2. The number of likely N-dealkylation sites (tertiary alicyclic amines) is 1. The van der Waals surface area contributed by atoms with E-state index in [0.717, 1.165) is 4.47 Å². The second-order valence-electron chi connectivity index (χ2n) is 9.77. The Labute approximate surface area is 225 Å². The standard InChI is InChI=1S/C26H37BrFN5O4/c1-16(2)13-20(32-24(36)17-7-9-19(27)10-8-17)25(37)33-12-4-6-21(33)22(34)14-18(23(35)15-28)5-3-11-31-26(29)30/h7-10,16,18,20-21H,3-6,11-15H2,1-2H3,(H,32,36)(H4,29,30,31)/t18-,20+,21+/m1/s1. The van der Waals surface area contributed by atoms with Gasteiger partial charge in [-0.15, -0.1) is 0 Å². The molecule has 0 saturated carbocycles. The van der Waals surface area contributed by atoms with E-state index in [9.17, 15) is 23.6 Å². The Morgan fingerprint density at radius 1 is 1.19 bits per heavy atom. The summed E-state index contributed by atoms with van der Waals surface area (Å²) in [5, 5.41) is 2.84.